The van der Waals surface area contributed by atoms with Crippen molar-refractivity contribution in [2.45, 2.75) is 39.2 Å². The predicted molar refractivity (Wildman–Crippen MR) is 61.8 cm³/mol. The molecule has 1 N–H and O–H groups in total. The fourth-order valence-electron chi connectivity index (χ4n) is 1.82. The van der Waals surface area contributed by atoms with Crippen LogP contribution >= 0.6 is 0 Å². The van der Waals surface area contributed by atoms with E-state index in [-0.39, 0.29) is 0 Å². The SMILES string of the molecule is CCCc1nccn1CCNCC1CC1. The van der Waals surface area contributed by atoms with Crippen LogP contribution in [0.3, 0.4) is 0 Å². The summed E-state index contributed by atoms with van der Waals surface area (Å²) in [5, 5.41) is 3.51. The average Bonchev–Trinajstić information content (AvgIpc) is 2.96. The molecule has 0 aromatic carbocycles. The summed E-state index contributed by atoms with van der Waals surface area (Å²) in [4.78, 5) is 4.37. The molecule has 0 atom stereocenters. The van der Waals surface area contributed by atoms with Crippen molar-refractivity contribution < 1.29 is 0 Å². The van der Waals surface area contributed by atoms with Gasteiger partial charge in [-0.05, 0) is 31.7 Å². The van der Waals surface area contributed by atoms with Crippen molar-refractivity contribution in [1.82, 2.24) is 14.9 Å². The van der Waals surface area contributed by atoms with Crippen molar-refractivity contribution in [2.24, 2.45) is 5.92 Å². The van der Waals surface area contributed by atoms with Crippen LogP contribution < -0.4 is 5.32 Å². The third kappa shape index (κ3) is 3.34. The Morgan fingerprint density at radius 3 is 3.13 bits per heavy atom. The van der Waals surface area contributed by atoms with Gasteiger partial charge in [-0.3, -0.25) is 0 Å². The van der Waals surface area contributed by atoms with Gasteiger partial charge in [0.15, 0.2) is 0 Å². The summed E-state index contributed by atoms with van der Waals surface area (Å²) in [6.45, 7) is 5.54. The molecule has 1 aliphatic carbocycles. The highest BCUT2D eigenvalue weighted by molar-refractivity contribution is 4.92. The van der Waals surface area contributed by atoms with Crippen LogP contribution in [0.1, 0.15) is 32.0 Å². The summed E-state index contributed by atoms with van der Waals surface area (Å²) in [7, 11) is 0. The number of hydrogen-bond acceptors (Lipinski definition) is 2. The first-order chi connectivity index (χ1) is 7.40. The molecule has 3 heteroatoms. The molecule has 1 aromatic rings. The van der Waals surface area contributed by atoms with Gasteiger partial charge in [-0.25, -0.2) is 4.98 Å². The van der Waals surface area contributed by atoms with Crippen molar-refractivity contribution in [3.63, 3.8) is 0 Å². The molecule has 0 amide bonds. The third-order valence-electron chi connectivity index (χ3n) is 2.93. The predicted octanol–water partition coefficient (Wildman–Crippen LogP) is 1.84. The fraction of sp³-hybridized carbons (Fsp3) is 0.750. The highest BCUT2D eigenvalue weighted by Crippen LogP contribution is 2.27. The first-order valence-corrected chi connectivity index (χ1v) is 6.11. The van der Waals surface area contributed by atoms with Crippen molar-refractivity contribution in [1.29, 1.82) is 0 Å². The standard InChI is InChI=1S/C12H21N3/c1-2-3-12-14-7-9-15(12)8-6-13-10-11-4-5-11/h7,9,11,13H,2-6,8,10H2,1H3. The van der Waals surface area contributed by atoms with E-state index in [1.165, 1.54) is 31.6 Å². The van der Waals surface area contributed by atoms with E-state index in [2.05, 4.69) is 28.0 Å². The van der Waals surface area contributed by atoms with Crippen LogP contribution in [0.5, 0.6) is 0 Å². The Morgan fingerprint density at radius 2 is 2.40 bits per heavy atom. The van der Waals surface area contributed by atoms with E-state index >= 15 is 0 Å². The van der Waals surface area contributed by atoms with Crippen LogP contribution in [0.15, 0.2) is 12.4 Å². The first-order valence-electron chi connectivity index (χ1n) is 6.11. The van der Waals surface area contributed by atoms with Gasteiger partial charge in [-0.15, -0.1) is 0 Å². The van der Waals surface area contributed by atoms with Gasteiger partial charge in [0.2, 0.25) is 0 Å². The van der Waals surface area contributed by atoms with Crippen LogP contribution in [0, 0.1) is 5.92 Å². The number of nitrogens with zero attached hydrogens (tertiary/aromatic N) is 2. The molecule has 2 rings (SSSR count). The van der Waals surface area contributed by atoms with Gasteiger partial charge in [-0.1, -0.05) is 6.92 Å². The van der Waals surface area contributed by atoms with E-state index < -0.39 is 0 Å². The zero-order valence-corrected chi connectivity index (χ0v) is 9.58. The maximum absolute atomic E-state index is 4.37. The maximum Gasteiger partial charge on any atom is 0.108 e. The lowest BCUT2D eigenvalue weighted by atomic mass is 10.3. The summed E-state index contributed by atoms with van der Waals surface area (Å²) in [5.41, 5.74) is 0. The molecule has 0 radical (unpaired) electrons. The van der Waals surface area contributed by atoms with E-state index in [1.54, 1.807) is 0 Å². The molecule has 0 saturated heterocycles. The smallest absolute Gasteiger partial charge is 0.108 e. The lowest BCUT2D eigenvalue weighted by Gasteiger charge is -2.07. The molecule has 1 fully saturated rings. The maximum atomic E-state index is 4.37. The Balaban J connectivity index is 1.68. The van der Waals surface area contributed by atoms with Crippen LogP contribution in [-0.2, 0) is 13.0 Å². The van der Waals surface area contributed by atoms with Gasteiger partial charge in [-0.2, -0.15) is 0 Å². The van der Waals surface area contributed by atoms with Gasteiger partial charge in [0.05, 0.1) is 0 Å². The molecule has 1 heterocycles. The number of nitrogens with one attached hydrogen (secondary N) is 1. The number of aromatic nitrogens is 2. The normalized spacial score (nSPS) is 15.8. The van der Waals surface area contributed by atoms with E-state index in [0.29, 0.717) is 0 Å². The zero-order valence-electron chi connectivity index (χ0n) is 9.58. The quantitative estimate of drug-likeness (QED) is 0.691. The number of aryl methyl sites for hydroxylation is 1. The highest BCUT2D eigenvalue weighted by Gasteiger charge is 2.19. The summed E-state index contributed by atoms with van der Waals surface area (Å²) in [6, 6.07) is 0. The number of hydrogen-bond donors (Lipinski definition) is 1. The average molecular weight is 207 g/mol. The molecule has 1 saturated carbocycles. The molecule has 15 heavy (non-hydrogen) atoms. The minimum absolute atomic E-state index is 0.975. The van der Waals surface area contributed by atoms with E-state index in [1.807, 2.05) is 6.20 Å². The number of rotatable bonds is 7. The summed E-state index contributed by atoms with van der Waals surface area (Å²) in [5.74, 6) is 2.20. The Kier molecular flexibility index (Phi) is 3.78. The molecule has 3 nitrogen and oxygen atoms in total. The van der Waals surface area contributed by atoms with Gasteiger partial charge in [0, 0.05) is 31.9 Å². The Labute approximate surface area is 91.9 Å². The molecule has 0 bridgehead atoms. The molecule has 84 valence electrons. The molecule has 1 aromatic heterocycles. The Morgan fingerprint density at radius 1 is 1.53 bits per heavy atom. The second-order valence-corrected chi connectivity index (χ2v) is 4.43. The van der Waals surface area contributed by atoms with Crippen LogP contribution in [0.2, 0.25) is 0 Å². The Hall–Kier alpha value is -0.830. The highest BCUT2D eigenvalue weighted by atomic mass is 15.1. The minimum Gasteiger partial charge on any atom is -0.334 e. The van der Waals surface area contributed by atoms with Gasteiger partial charge < -0.3 is 9.88 Å². The number of imidazole rings is 1. The molecular weight excluding hydrogens is 186 g/mol. The van der Waals surface area contributed by atoms with E-state index in [0.717, 1.165) is 25.4 Å². The Bertz CT molecular complexity index is 289. The van der Waals surface area contributed by atoms with Crippen LogP contribution in [0.4, 0.5) is 0 Å². The molecule has 0 aliphatic heterocycles. The molecule has 1 aliphatic rings. The van der Waals surface area contributed by atoms with Crippen molar-refractivity contribution >= 4 is 0 Å². The fourth-order valence-corrected chi connectivity index (χ4v) is 1.82. The van der Waals surface area contributed by atoms with Crippen molar-refractivity contribution in [3.05, 3.63) is 18.2 Å². The van der Waals surface area contributed by atoms with E-state index in [4.69, 9.17) is 0 Å². The first kappa shape index (κ1) is 10.7. The van der Waals surface area contributed by atoms with Crippen LogP contribution in [-0.4, -0.2) is 22.6 Å². The second-order valence-electron chi connectivity index (χ2n) is 4.43. The zero-order chi connectivity index (χ0) is 10.5. The monoisotopic (exact) mass is 207 g/mol. The lowest BCUT2D eigenvalue weighted by Crippen LogP contribution is -2.22. The topological polar surface area (TPSA) is 29.9 Å². The van der Waals surface area contributed by atoms with E-state index in [9.17, 15) is 0 Å². The largest absolute Gasteiger partial charge is 0.334 e. The van der Waals surface area contributed by atoms with Gasteiger partial charge >= 0.3 is 0 Å². The van der Waals surface area contributed by atoms with Crippen molar-refractivity contribution in [2.75, 3.05) is 13.1 Å². The second kappa shape index (κ2) is 5.31. The molecule has 0 unspecified atom stereocenters. The third-order valence-corrected chi connectivity index (χ3v) is 2.93. The molecule has 0 spiro atoms. The van der Waals surface area contributed by atoms with Crippen LogP contribution in [0.25, 0.3) is 0 Å². The van der Waals surface area contributed by atoms with Crippen molar-refractivity contribution in [3.8, 4) is 0 Å². The summed E-state index contributed by atoms with van der Waals surface area (Å²) < 4.78 is 2.27. The lowest BCUT2D eigenvalue weighted by molar-refractivity contribution is 0.560. The molecular formula is C12H21N3. The summed E-state index contributed by atoms with van der Waals surface area (Å²) in [6.07, 6.45) is 9.12. The van der Waals surface area contributed by atoms with Gasteiger partial charge in [0.1, 0.15) is 5.82 Å². The summed E-state index contributed by atoms with van der Waals surface area (Å²) >= 11 is 0. The minimum atomic E-state index is 0.975. The van der Waals surface area contributed by atoms with Gasteiger partial charge in [0.25, 0.3) is 0 Å².